The predicted molar refractivity (Wildman–Crippen MR) is 97.6 cm³/mol. The Labute approximate surface area is 177 Å². The van der Waals surface area contributed by atoms with Gasteiger partial charge in [0.05, 0.1) is 6.42 Å². The van der Waals surface area contributed by atoms with Crippen LogP contribution in [0.5, 0.6) is 0 Å². The number of ether oxygens (including phenoxy) is 2. The first-order valence-corrected chi connectivity index (χ1v) is 10.5. The molecule has 2 aliphatic rings. The molecule has 2 rings (SSSR count). The van der Waals surface area contributed by atoms with Crippen LogP contribution in [0.25, 0.3) is 0 Å². The normalized spacial score (nSPS) is 21.9. The Kier molecular flexibility index (Phi) is 9.56. The molecule has 0 aromatic rings. The summed E-state index contributed by atoms with van der Waals surface area (Å²) >= 11 is 0. The zero-order chi connectivity index (χ0) is 18.5. The van der Waals surface area contributed by atoms with E-state index < -0.39 is 33.2 Å². The van der Waals surface area contributed by atoms with Crippen molar-refractivity contribution in [1.82, 2.24) is 0 Å². The SMILES string of the molecule is CC(CC(=O)OC1CCCCC1)(C(=O)OC1CCCCC1)S(=O)(=O)O.[NaH]. The summed E-state index contributed by atoms with van der Waals surface area (Å²) < 4.78 is 41.4. The topological polar surface area (TPSA) is 107 Å². The summed E-state index contributed by atoms with van der Waals surface area (Å²) in [4.78, 5) is 24.6. The van der Waals surface area contributed by atoms with Crippen molar-refractivity contribution in [1.29, 1.82) is 0 Å². The molecule has 0 radical (unpaired) electrons. The number of esters is 2. The van der Waals surface area contributed by atoms with Gasteiger partial charge in [-0.2, -0.15) is 8.42 Å². The zero-order valence-corrected chi connectivity index (χ0v) is 15.6. The molecule has 7 nitrogen and oxygen atoms in total. The van der Waals surface area contributed by atoms with Crippen molar-refractivity contribution < 1.29 is 32.0 Å². The molecule has 146 valence electrons. The number of hydrogen-bond donors (Lipinski definition) is 1. The molecule has 26 heavy (non-hydrogen) atoms. The molecule has 0 spiro atoms. The van der Waals surface area contributed by atoms with Crippen LogP contribution in [0.2, 0.25) is 0 Å². The number of rotatable bonds is 6. The predicted octanol–water partition coefficient (Wildman–Crippen LogP) is 2.13. The molecular weight excluding hydrogens is 371 g/mol. The van der Waals surface area contributed by atoms with Gasteiger partial charge < -0.3 is 9.47 Å². The molecule has 2 aliphatic carbocycles. The van der Waals surface area contributed by atoms with Crippen LogP contribution >= 0.6 is 0 Å². The van der Waals surface area contributed by atoms with E-state index in [1.54, 1.807) is 0 Å². The van der Waals surface area contributed by atoms with Gasteiger partial charge in [0.1, 0.15) is 12.2 Å². The third-order valence-corrected chi connectivity index (χ3v) is 6.61. The van der Waals surface area contributed by atoms with Gasteiger partial charge in [0, 0.05) is 0 Å². The van der Waals surface area contributed by atoms with E-state index in [1.807, 2.05) is 0 Å². The van der Waals surface area contributed by atoms with E-state index in [0.29, 0.717) is 12.8 Å². The van der Waals surface area contributed by atoms with Crippen LogP contribution in [-0.2, 0) is 29.2 Å². The second-order valence-corrected chi connectivity index (χ2v) is 9.15. The Morgan fingerprint density at radius 2 is 1.35 bits per heavy atom. The molecule has 1 N–H and O–H groups in total. The van der Waals surface area contributed by atoms with E-state index in [4.69, 9.17) is 9.47 Å². The number of carbonyl (C=O) groups excluding carboxylic acids is 2. The van der Waals surface area contributed by atoms with Crippen LogP contribution in [0.4, 0.5) is 0 Å². The molecular formula is C17H29NaO7S. The molecule has 1 atom stereocenters. The van der Waals surface area contributed by atoms with Crippen LogP contribution in [0, 0.1) is 0 Å². The quantitative estimate of drug-likeness (QED) is 0.413. The summed E-state index contributed by atoms with van der Waals surface area (Å²) in [7, 11) is -4.83. The first-order valence-electron chi connectivity index (χ1n) is 9.10. The Hall–Kier alpha value is -0.150. The summed E-state index contributed by atoms with van der Waals surface area (Å²) in [5.74, 6) is -1.88. The maximum atomic E-state index is 12.4. The molecule has 1 unspecified atom stereocenters. The summed E-state index contributed by atoms with van der Waals surface area (Å²) in [5, 5.41) is 0. The van der Waals surface area contributed by atoms with E-state index in [2.05, 4.69) is 0 Å². The second kappa shape index (κ2) is 10.4. The molecule has 2 saturated carbocycles. The van der Waals surface area contributed by atoms with Gasteiger partial charge in [-0.3, -0.25) is 14.1 Å². The molecule has 0 saturated heterocycles. The Morgan fingerprint density at radius 1 is 0.923 bits per heavy atom. The third kappa shape index (κ3) is 6.48. The van der Waals surface area contributed by atoms with E-state index in [-0.39, 0.29) is 41.8 Å². The fourth-order valence-electron chi connectivity index (χ4n) is 3.41. The minimum atomic E-state index is -4.83. The van der Waals surface area contributed by atoms with Crippen LogP contribution < -0.4 is 0 Å². The van der Waals surface area contributed by atoms with Gasteiger partial charge >= 0.3 is 41.5 Å². The van der Waals surface area contributed by atoms with Gasteiger partial charge in [-0.05, 0) is 58.3 Å². The van der Waals surface area contributed by atoms with E-state index in [0.717, 1.165) is 58.3 Å². The van der Waals surface area contributed by atoms with Crippen LogP contribution in [0.15, 0.2) is 0 Å². The van der Waals surface area contributed by atoms with Crippen molar-refractivity contribution in [3.8, 4) is 0 Å². The molecule has 2 fully saturated rings. The molecule has 0 bridgehead atoms. The fourth-order valence-corrected chi connectivity index (χ4v) is 3.97. The average molecular weight is 400 g/mol. The fraction of sp³-hybridized carbons (Fsp3) is 0.882. The van der Waals surface area contributed by atoms with Gasteiger partial charge in [-0.15, -0.1) is 0 Å². The Balaban J connectivity index is 0.00000338. The average Bonchev–Trinajstić information content (AvgIpc) is 2.55. The van der Waals surface area contributed by atoms with Gasteiger partial charge in [-0.1, -0.05) is 12.8 Å². The zero-order valence-electron chi connectivity index (χ0n) is 14.7. The van der Waals surface area contributed by atoms with Crippen molar-refractivity contribution in [3.63, 3.8) is 0 Å². The van der Waals surface area contributed by atoms with Crippen molar-refractivity contribution >= 4 is 51.6 Å². The maximum absolute atomic E-state index is 12.4. The van der Waals surface area contributed by atoms with Crippen molar-refractivity contribution in [3.05, 3.63) is 0 Å². The van der Waals surface area contributed by atoms with Crippen molar-refractivity contribution in [2.45, 2.75) is 94.5 Å². The van der Waals surface area contributed by atoms with Crippen LogP contribution in [0.1, 0.15) is 77.6 Å². The first-order chi connectivity index (χ1) is 11.7. The summed E-state index contributed by atoms with van der Waals surface area (Å²) in [5.41, 5.74) is 0. The molecule has 0 heterocycles. The molecule has 0 aromatic heterocycles. The summed E-state index contributed by atoms with van der Waals surface area (Å²) in [6.07, 6.45) is 7.32. The van der Waals surface area contributed by atoms with Gasteiger partial charge in [0.15, 0.2) is 0 Å². The summed E-state index contributed by atoms with van der Waals surface area (Å²) in [6, 6.07) is 0. The number of carbonyl (C=O) groups is 2. The minimum absolute atomic E-state index is 0. The van der Waals surface area contributed by atoms with Crippen molar-refractivity contribution in [2.75, 3.05) is 0 Å². The third-order valence-electron chi connectivity index (χ3n) is 5.16. The van der Waals surface area contributed by atoms with Gasteiger partial charge in [0.2, 0.25) is 4.75 Å². The molecule has 0 amide bonds. The Bertz CT molecular complexity index is 580. The summed E-state index contributed by atoms with van der Waals surface area (Å²) in [6.45, 7) is 1.02. The van der Waals surface area contributed by atoms with Crippen molar-refractivity contribution in [2.24, 2.45) is 0 Å². The molecule has 0 aliphatic heterocycles. The second-order valence-electron chi connectivity index (χ2n) is 7.30. The van der Waals surface area contributed by atoms with Gasteiger partial charge in [-0.25, -0.2) is 0 Å². The van der Waals surface area contributed by atoms with Gasteiger partial charge in [0.25, 0.3) is 10.1 Å². The number of hydrogen-bond acceptors (Lipinski definition) is 6. The Morgan fingerprint density at radius 3 is 1.77 bits per heavy atom. The standard InChI is InChI=1S/C17H28O7S.Na.H/c1-17(25(20,21)22,16(19)24-14-10-6-3-7-11-14)12-15(18)23-13-8-4-2-5-9-13;;/h13-14H,2-12H2,1H3,(H,20,21,22);;. The van der Waals surface area contributed by atoms with E-state index >= 15 is 0 Å². The van der Waals surface area contributed by atoms with E-state index in [9.17, 15) is 22.6 Å². The molecule has 9 heteroatoms. The van der Waals surface area contributed by atoms with E-state index in [1.165, 1.54) is 0 Å². The van der Waals surface area contributed by atoms with Crippen LogP contribution in [-0.4, -0.2) is 71.4 Å². The monoisotopic (exact) mass is 400 g/mol. The first kappa shape index (κ1) is 23.9. The van der Waals surface area contributed by atoms with Crippen LogP contribution in [0.3, 0.4) is 0 Å². The molecule has 0 aromatic carbocycles.